The molecule has 0 aliphatic rings. The van der Waals surface area contributed by atoms with Crippen molar-refractivity contribution in [3.8, 4) is 6.07 Å². The molecule has 94 valence electrons. The van der Waals surface area contributed by atoms with Crippen LogP contribution in [0.5, 0.6) is 0 Å². The molecule has 0 spiro atoms. The van der Waals surface area contributed by atoms with Crippen LogP contribution in [0.1, 0.15) is 31.2 Å². The third kappa shape index (κ3) is 3.05. The van der Waals surface area contributed by atoms with Crippen molar-refractivity contribution in [2.24, 2.45) is 0 Å². The molecule has 0 fully saturated rings. The number of aryl methyl sites for hydroxylation is 2. The highest BCUT2D eigenvalue weighted by Crippen LogP contribution is 2.19. The van der Waals surface area contributed by atoms with E-state index in [9.17, 15) is 8.42 Å². The second-order valence-corrected chi connectivity index (χ2v) is 5.40. The Kier molecular flexibility index (Phi) is 4.26. The summed E-state index contributed by atoms with van der Waals surface area (Å²) in [6.07, 6.45) is 1.20. The van der Waals surface area contributed by atoms with E-state index in [0.29, 0.717) is 12.1 Å². The van der Waals surface area contributed by atoms with Gasteiger partial charge in [-0.05, 0) is 20.3 Å². The van der Waals surface area contributed by atoms with Gasteiger partial charge in [0.2, 0.25) is 10.0 Å². The van der Waals surface area contributed by atoms with Crippen molar-refractivity contribution >= 4 is 10.0 Å². The minimum atomic E-state index is -3.74. The summed E-state index contributed by atoms with van der Waals surface area (Å²) in [5, 5.41) is 12.4. The van der Waals surface area contributed by atoms with E-state index < -0.39 is 16.1 Å². The number of hydrogen-bond acceptors (Lipinski definition) is 5. The van der Waals surface area contributed by atoms with Gasteiger partial charge >= 0.3 is 0 Å². The number of rotatable bonds is 5. The van der Waals surface area contributed by atoms with Crippen LogP contribution in [0.15, 0.2) is 9.42 Å². The number of hydrogen-bond donors (Lipinski definition) is 1. The van der Waals surface area contributed by atoms with E-state index in [1.807, 2.05) is 13.0 Å². The predicted octanol–water partition coefficient (Wildman–Crippen LogP) is 1.26. The third-order valence-electron chi connectivity index (χ3n) is 2.27. The molecule has 17 heavy (non-hydrogen) atoms. The highest BCUT2D eigenvalue weighted by molar-refractivity contribution is 7.89. The van der Waals surface area contributed by atoms with Crippen LogP contribution in [-0.4, -0.2) is 19.6 Å². The Labute approximate surface area is 101 Å². The first kappa shape index (κ1) is 13.7. The monoisotopic (exact) mass is 257 g/mol. The fourth-order valence-electron chi connectivity index (χ4n) is 1.54. The van der Waals surface area contributed by atoms with Gasteiger partial charge in [-0.2, -0.15) is 9.98 Å². The second-order valence-electron chi connectivity index (χ2n) is 3.74. The van der Waals surface area contributed by atoms with Crippen LogP contribution in [-0.2, 0) is 10.0 Å². The van der Waals surface area contributed by atoms with Gasteiger partial charge in [0.1, 0.15) is 16.6 Å². The molecule has 1 heterocycles. The summed E-state index contributed by atoms with van der Waals surface area (Å²) in [6, 6.07) is 1.20. The van der Waals surface area contributed by atoms with Crippen molar-refractivity contribution in [2.45, 2.75) is 44.6 Å². The molecule has 0 saturated heterocycles. The molecule has 0 aliphatic carbocycles. The molecule has 7 heteroatoms. The highest BCUT2D eigenvalue weighted by atomic mass is 32.2. The lowest BCUT2D eigenvalue weighted by Gasteiger charge is -2.10. The van der Waals surface area contributed by atoms with Crippen LogP contribution < -0.4 is 4.72 Å². The van der Waals surface area contributed by atoms with Gasteiger partial charge in [0.05, 0.1) is 6.07 Å². The smallest absolute Gasteiger partial charge is 0.247 e. The molecule has 0 aliphatic heterocycles. The van der Waals surface area contributed by atoms with Crippen LogP contribution in [0.25, 0.3) is 0 Å². The first-order valence-electron chi connectivity index (χ1n) is 5.27. The lowest BCUT2D eigenvalue weighted by atomic mass is 10.2. The van der Waals surface area contributed by atoms with E-state index in [1.165, 1.54) is 6.92 Å². The summed E-state index contributed by atoms with van der Waals surface area (Å²) < 4.78 is 31.2. The van der Waals surface area contributed by atoms with Crippen LogP contribution >= 0.6 is 0 Å². The number of nitrogens with one attached hydrogen (secondary N) is 1. The molecule has 1 unspecified atom stereocenters. The molecule has 6 nitrogen and oxygen atoms in total. The van der Waals surface area contributed by atoms with Gasteiger partial charge in [-0.15, -0.1) is 0 Å². The number of nitrogens with zero attached hydrogens (tertiary/aromatic N) is 2. The van der Waals surface area contributed by atoms with Crippen LogP contribution in [0.4, 0.5) is 0 Å². The van der Waals surface area contributed by atoms with Crippen LogP contribution in [0, 0.1) is 25.2 Å². The third-order valence-corrected chi connectivity index (χ3v) is 3.98. The Morgan fingerprint density at radius 3 is 2.59 bits per heavy atom. The molecule has 1 aromatic rings. The summed E-state index contributed by atoms with van der Waals surface area (Å²) in [5.41, 5.74) is 0.295. The molecule has 0 amide bonds. The Morgan fingerprint density at radius 2 is 2.18 bits per heavy atom. The van der Waals surface area contributed by atoms with Crippen molar-refractivity contribution in [3.05, 3.63) is 11.5 Å². The maximum Gasteiger partial charge on any atom is 0.247 e. The molecule has 1 aromatic heterocycles. The van der Waals surface area contributed by atoms with Gasteiger partial charge in [0.15, 0.2) is 5.76 Å². The van der Waals surface area contributed by atoms with Crippen molar-refractivity contribution in [1.29, 1.82) is 5.26 Å². The average molecular weight is 257 g/mol. The van der Waals surface area contributed by atoms with E-state index in [4.69, 9.17) is 9.78 Å². The summed E-state index contributed by atoms with van der Waals surface area (Å²) in [5.74, 6) is 0.225. The second kappa shape index (κ2) is 5.29. The van der Waals surface area contributed by atoms with Crippen molar-refractivity contribution in [1.82, 2.24) is 9.88 Å². The fraction of sp³-hybridized carbons (Fsp3) is 0.600. The Bertz CT molecular complexity index is 508. The number of nitriles is 1. The standard InChI is InChI=1S/C10H15N3O3S/c1-4-5-9(6-11)13-17(14,15)10-7(2)12-16-8(10)3/h9,13H,4-5H2,1-3H3. The number of aromatic nitrogens is 1. The summed E-state index contributed by atoms with van der Waals surface area (Å²) >= 11 is 0. The Hall–Kier alpha value is -1.39. The SMILES string of the molecule is CCCC(C#N)NS(=O)(=O)c1c(C)noc1C. The van der Waals surface area contributed by atoms with E-state index >= 15 is 0 Å². The lowest BCUT2D eigenvalue weighted by Crippen LogP contribution is -2.34. The maximum absolute atomic E-state index is 12.0. The van der Waals surface area contributed by atoms with Crippen molar-refractivity contribution in [3.63, 3.8) is 0 Å². The zero-order valence-electron chi connectivity index (χ0n) is 10.0. The molecule has 1 rings (SSSR count). The normalized spacial score (nSPS) is 13.3. The summed E-state index contributed by atoms with van der Waals surface area (Å²) in [7, 11) is -3.74. The predicted molar refractivity (Wildman–Crippen MR) is 60.6 cm³/mol. The molecule has 0 aromatic carbocycles. The minimum absolute atomic E-state index is 0.0221. The van der Waals surface area contributed by atoms with E-state index in [0.717, 1.165) is 6.42 Å². The first-order chi connectivity index (χ1) is 7.92. The molecule has 1 N–H and O–H groups in total. The average Bonchev–Trinajstić information content (AvgIpc) is 2.58. The number of sulfonamides is 1. The molecule has 0 radical (unpaired) electrons. The molecule has 1 atom stereocenters. The van der Waals surface area contributed by atoms with Gasteiger partial charge < -0.3 is 4.52 Å². The molecule has 0 bridgehead atoms. The molecular weight excluding hydrogens is 242 g/mol. The van der Waals surface area contributed by atoms with Crippen LogP contribution in [0.3, 0.4) is 0 Å². The Balaban J connectivity index is 3.01. The summed E-state index contributed by atoms with van der Waals surface area (Å²) in [4.78, 5) is 0.0221. The van der Waals surface area contributed by atoms with E-state index in [2.05, 4.69) is 9.88 Å². The van der Waals surface area contributed by atoms with Crippen LogP contribution in [0.2, 0.25) is 0 Å². The zero-order valence-corrected chi connectivity index (χ0v) is 10.8. The van der Waals surface area contributed by atoms with Gasteiger partial charge in [-0.25, -0.2) is 8.42 Å². The quantitative estimate of drug-likeness (QED) is 0.856. The lowest BCUT2D eigenvalue weighted by molar-refractivity contribution is 0.390. The zero-order chi connectivity index (χ0) is 13.1. The van der Waals surface area contributed by atoms with E-state index in [-0.39, 0.29) is 10.7 Å². The highest BCUT2D eigenvalue weighted by Gasteiger charge is 2.26. The largest absolute Gasteiger partial charge is 0.360 e. The molecular formula is C10H15N3O3S. The minimum Gasteiger partial charge on any atom is -0.360 e. The maximum atomic E-state index is 12.0. The summed E-state index contributed by atoms with van der Waals surface area (Å²) in [6.45, 7) is 4.95. The van der Waals surface area contributed by atoms with Gasteiger partial charge in [0.25, 0.3) is 0 Å². The Morgan fingerprint density at radius 1 is 1.53 bits per heavy atom. The van der Waals surface area contributed by atoms with Gasteiger partial charge in [-0.1, -0.05) is 18.5 Å². The van der Waals surface area contributed by atoms with Crippen molar-refractivity contribution in [2.75, 3.05) is 0 Å². The van der Waals surface area contributed by atoms with Gasteiger partial charge in [0, 0.05) is 0 Å². The first-order valence-corrected chi connectivity index (χ1v) is 6.75. The van der Waals surface area contributed by atoms with Gasteiger partial charge in [-0.3, -0.25) is 0 Å². The van der Waals surface area contributed by atoms with Crippen molar-refractivity contribution < 1.29 is 12.9 Å². The van der Waals surface area contributed by atoms with E-state index in [1.54, 1.807) is 6.92 Å². The topological polar surface area (TPSA) is 96.0 Å². The molecule has 0 saturated carbocycles. The fourth-order valence-corrected chi connectivity index (χ4v) is 3.05.